The first-order chi connectivity index (χ1) is 25.7. The summed E-state index contributed by atoms with van der Waals surface area (Å²) < 4.78 is 10.9. The monoisotopic (exact) mass is 779 g/mol. The van der Waals surface area contributed by atoms with Gasteiger partial charge in [-0.25, -0.2) is 4.79 Å². The van der Waals surface area contributed by atoms with Crippen molar-refractivity contribution >= 4 is 47.3 Å². The second-order valence-corrected chi connectivity index (χ2v) is 14.2. The molecule has 55 heavy (non-hydrogen) atoms. The van der Waals surface area contributed by atoms with Crippen LogP contribution in [-0.2, 0) is 40.1 Å². The van der Waals surface area contributed by atoms with Gasteiger partial charge in [0, 0.05) is 67.4 Å². The van der Waals surface area contributed by atoms with Crippen molar-refractivity contribution in [2.75, 3.05) is 38.1 Å². The zero-order valence-corrected chi connectivity index (χ0v) is 34.0. The topological polar surface area (TPSA) is 256 Å². The number of ether oxygens (including phenoxy) is 2. The van der Waals surface area contributed by atoms with Gasteiger partial charge in [0.05, 0.1) is 18.7 Å². The zero-order valence-electron chi connectivity index (χ0n) is 34.0. The molecule has 0 saturated heterocycles. The van der Waals surface area contributed by atoms with E-state index in [0.717, 1.165) is 6.42 Å². The number of anilines is 1. The second-order valence-electron chi connectivity index (χ2n) is 14.2. The summed E-state index contributed by atoms with van der Waals surface area (Å²) in [7, 11) is 0. The minimum Gasteiger partial charge on any atom is -0.481 e. The van der Waals surface area contributed by atoms with Gasteiger partial charge in [0.1, 0.15) is 6.61 Å². The number of carboxylic acids is 1. The quantitative estimate of drug-likeness (QED) is 0.0559. The maximum atomic E-state index is 13.2. The first-order valence-electron chi connectivity index (χ1n) is 18.8. The Bertz CT molecular complexity index is 1400. The molecule has 312 valence electrons. The second kappa shape index (κ2) is 26.9. The molecule has 1 aromatic rings. The highest BCUT2D eigenvalue weighted by Crippen LogP contribution is 2.21. The summed E-state index contributed by atoms with van der Waals surface area (Å²) in [5.41, 5.74) is 4.86. The fourth-order valence-electron chi connectivity index (χ4n) is 4.64. The predicted octanol–water partition coefficient (Wildman–Crippen LogP) is 2.81. The van der Waals surface area contributed by atoms with Gasteiger partial charge in [-0.15, -0.1) is 0 Å². The third-order valence-corrected chi connectivity index (χ3v) is 7.95. The number of urea groups is 1. The Morgan fingerprint density at radius 1 is 0.891 bits per heavy atom. The number of esters is 1. The molecule has 0 spiro atoms. The lowest BCUT2D eigenvalue weighted by Gasteiger charge is -2.24. The minimum atomic E-state index is -0.889. The molecule has 17 nitrogen and oxygen atoms in total. The Labute approximate surface area is 325 Å². The van der Waals surface area contributed by atoms with E-state index in [1.165, 1.54) is 6.07 Å². The number of benzene rings is 1. The van der Waals surface area contributed by atoms with Crippen LogP contribution in [0.1, 0.15) is 110 Å². The molecular weight excluding hydrogens is 714 g/mol. The molecule has 0 fully saturated rings. The average Bonchev–Trinajstić information content (AvgIpc) is 3.11. The molecule has 2 atom stereocenters. The Morgan fingerprint density at radius 2 is 1.55 bits per heavy atom. The van der Waals surface area contributed by atoms with Gasteiger partial charge >= 0.3 is 18.0 Å². The molecule has 9 N–H and O–H groups in total. The molecule has 0 heterocycles. The van der Waals surface area contributed by atoms with Gasteiger partial charge in [0.15, 0.2) is 0 Å². The maximum Gasteiger partial charge on any atom is 0.312 e. The molecule has 2 unspecified atom stereocenters. The Hall–Kier alpha value is -4.77. The Balaban J connectivity index is 0.00000377. The van der Waals surface area contributed by atoms with E-state index < -0.39 is 41.2 Å². The number of aliphatic carboxylic acids is 1. The Morgan fingerprint density at radius 3 is 2.09 bits per heavy atom. The predicted molar refractivity (Wildman–Crippen MR) is 209 cm³/mol. The number of carbonyl (C=O) groups is 7. The van der Waals surface area contributed by atoms with Crippen molar-refractivity contribution in [3.05, 3.63) is 29.3 Å². The first kappa shape index (κ1) is 50.2. The van der Waals surface area contributed by atoms with Gasteiger partial charge in [-0.2, -0.15) is 0 Å². The molecule has 0 aliphatic carbocycles. The van der Waals surface area contributed by atoms with Crippen LogP contribution in [0.25, 0.3) is 0 Å². The van der Waals surface area contributed by atoms with Crippen LogP contribution >= 0.6 is 0 Å². The van der Waals surface area contributed by atoms with E-state index in [2.05, 4.69) is 31.9 Å². The zero-order chi connectivity index (χ0) is 42.1. The normalized spacial score (nSPS) is 12.1. The fourth-order valence-corrected chi connectivity index (χ4v) is 4.64. The smallest absolute Gasteiger partial charge is 0.312 e. The highest BCUT2D eigenvalue weighted by molar-refractivity contribution is 5.99. The largest absolute Gasteiger partial charge is 0.481 e. The molecule has 6 amide bonds. The summed E-state index contributed by atoms with van der Waals surface area (Å²) >= 11 is 0. The van der Waals surface area contributed by atoms with E-state index in [9.17, 15) is 33.6 Å². The number of hydrogen-bond acceptors (Lipinski definition) is 10. The van der Waals surface area contributed by atoms with Crippen LogP contribution in [0.15, 0.2) is 18.2 Å². The lowest BCUT2D eigenvalue weighted by atomic mass is 9.88. The van der Waals surface area contributed by atoms with Gasteiger partial charge in [-0.05, 0) is 44.2 Å². The number of primary amides is 1. The summed E-state index contributed by atoms with van der Waals surface area (Å²) in [6, 6.07) is 3.78. The maximum absolute atomic E-state index is 13.2. The van der Waals surface area contributed by atoms with Crippen molar-refractivity contribution in [3.8, 4) is 0 Å². The van der Waals surface area contributed by atoms with Gasteiger partial charge < -0.3 is 52.2 Å². The van der Waals surface area contributed by atoms with Crippen molar-refractivity contribution < 1.29 is 48.1 Å². The minimum absolute atomic E-state index is 0.0103. The molecule has 0 aromatic heterocycles. The van der Waals surface area contributed by atoms with Crippen LogP contribution in [0, 0.1) is 11.3 Å². The lowest BCUT2D eigenvalue weighted by Crippen LogP contribution is -2.51. The summed E-state index contributed by atoms with van der Waals surface area (Å²) in [6.45, 7) is 17.4. The summed E-state index contributed by atoms with van der Waals surface area (Å²) in [5, 5.41) is 25.3. The molecule has 17 heteroatoms. The third-order valence-electron chi connectivity index (χ3n) is 7.95. The van der Waals surface area contributed by atoms with Crippen molar-refractivity contribution in [2.45, 2.75) is 119 Å². The van der Waals surface area contributed by atoms with Crippen molar-refractivity contribution in [3.63, 3.8) is 0 Å². The van der Waals surface area contributed by atoms with Gasteiger partial charge in [-0.1, -0.05) is 61.5 Å². The molecule has 0 saturated carbocycles. The van der Waals surface area contributed by atoms with Crippen LogP contribution in [0.4, 0.5) is 10.5 Å². The third kappa shape index (κ3) is 22.9. The van der Waals surface area contributed by atoms with E-state index in [-0.39, 0.29) is 81.1 Å². The van der Waals surface area contributed by atoms with Crippen molar-refractivity contribution in [2.24, 2.45) is 17.1 Å². The standard InChI is InChI=1S/C34H55N5O9.C4H10N2O/c1-9-29(43)48-20-24-11-12-25(39-27(40)19-37-32(45)30(21(2)3)38-22(4)5)18-26(24)31(44)35-15-16-36-33(46)34(7,8)14-17-47-23(6)10-13-28(41)42;1-2-3-6-4(5)7/h11-12,18,21-23,30,38H,9-10,13-17,19-20H2,1-8H3,(H,35,44)(H,36,46)(H,37,45)(H,39,40)(H,41,42);2-3H2,1H3,(H3,5,6,7). The van der Waals surface area contributed by atoms with Crippen LogP contribution in [0.2, 0.25) is 0 Å². The van der Waals surface area contributed by atoms with E-state index in [0.29, 0.717) is 30.6 Å². The van der Waals surface area contributed by atoms with Crippen LogP contribution in [-0.4, -0.2) is 97.7 Å². The van der Waals surface area contributed by atoms with Gasteiger partial charge in [-0.3, -0.25) is 28.8 Å². The summed E-state index contributed by atoms with van der Waals surface area (Å²) in [6.07, 6.45) is 1.66. The van der Waals surface area contributed by atoms with Crippen LogP contribution in [0.5, 0.6) is 0 Å². The number of rotatable bonds is 24. The number of amides is 6. The molecule has 1 rings (SSSR count). The number of hydrogen-bond donors (Lipinski definition) is 8. The SMILES string of the molecule is CCC(=O)OCc1ccc(NC(=O)CNC(=O)C(NC(C)C)C(C)C)cc1C(=O)NCCNC(=O)C(C)(C)CCOC(C)CCC(=O)O.CCCNC(N)=O. The van der Waals surface area contributed by atoms with Crippen LogP contribution < -0.4 is 37.6 Å². The number of carboxylic acid groups (broad SMARTS) is 1. The van der Waals surface area contributed by atoms with E-state index in [4.69, 9.17) is 20.3 Å². The van der Waals surface area contributed by atoms with Crippen molar-refractivity contribution in [1.29, 1.82) is 0 Å². The van der Waals surface area contributed by atoms with Gasteiger partial charge in [0.25, 0.3) is 5.91 Å². The van der Waals surface area contributed by atoms with Crippen LogP contribution in [0.3, 0.4) is 0 Å². The van der Waals surface area contributed by atoms with E-state index >= 15 is 0 Å². The highest BCUT2D eigenvalue weighted by atomic mass is 16.5. The molecule has 0 aliphatic heterocycles. The summed E-state index contributed by atoms with van der Waals surface area (Å²) in [5.74, 6) is -2.84. The highest BCUT2D eigenvalue weighted by Gasteiger charge is 2.27. The number of nitrogens with two attached hydrogens (primary N) is 1. The molecule has 0 radical (unpaired) electrons. The molecule has 0 bridgehead atoms. The number of carbonyl (C=O) groups excluding carboxylic acids is 6. The van der Waals surface area contributed by atoms with Crippen molar-refractivity contribution in [1.82, 2.24) is 26.6 Å². The van der Waals surface area contributed by atoms with Gasteiger partial charge in [0.2, 0.25) is 17.7 Å². The number of nitrogens with one attached hydrogen (secondary N) is 6. The van der Waals surface area contributed by atoms with E-state index in [1.54, 1.807) is 39.8 Å². The first-order valence-corrected chi connectivity index (χ1v) is 18.8. The average molecular weight is 780 g/mol. The summed E-state index contributed by atoms with van der Waals surface area (Å²) in [4.78, 5) is 83.7. The Kier molecular flexibility index (Phi) is 24.6. The lowest BCUT2D eigenvalue weighted by molar-refractivity contribution is -0.144. The molecular formula is C38H65N7O10. The van der Waals surface area contributed by atoms with E-state index in [1.807, 2.05) is 34.6 Å². The molecule has 1 aromatic carbocycles. The fraction of sp³-hybridized carbons (Fsp3) is 0.658. The molecule has 0 aliphatic rings.